The third kappa shape index (κ3) is 3.17. The molecule has 1 aromatic heterocycles. The van der Waals surface area contributed by atoms with Crippen LogP contribution >= 0.6 is 0 Å². The second kappa shape index (κ2) is 8.49. The Kier molecular flexibility index (Phi) is 4.48. The number of hydrogen-bond acceptors (Lipinski definition) is 1. The Morgan fingerprint density at radius 1 is 0.489 bits per heavy atom. The molecule has 0 amide bonds. The van der Waals surface area contributed by atoms with E-state index < -0.39 is 0 Å². The van der Waals surface area contributed by atoms with Crippen molar-refractivity contribution in [3.8, 4) is 22.3 Å². The first kappa shape index (κ1) is 23.8. The molecule has 208 valence electrons. The Labute approximate surface area is 259 Å². The molecule has 0 radical (unpaired) electrons. The molecule has 2 aliphatic carbocycles. The van der Waals surface area contributed by atoms with Crippen molar-refractivity contribution in [2.24, 2.45) is 0 Å². The van der Waals surface area contributed by atoms with E-state index in [0.29, 0.717) is 5.92 Å². The summed E-state index contributed by atoms with van der Waals surface area (Å²) in [6.45, 7) is 0. The van der Waals surface area contributed by atoms with E-state index in [0.717, 1.165) is 28.4 Å². The van der Waals surface area contributed by atoms with Crippen molar-refractivity contribution in [2.75, 3.05) is 0 Å². The Hall–Kier alpha value is -5.66. The Morgan fingerprint density at radius 3 is 1.96 bits per heavy atom. The maximum Gasteiger partial charge on any atom is 0.135 e. The lowest BCUT2D eigenvalue weighted by Gasteiger charge is -2.27. The van der Waals surface area contributed by atoms with Gasteiger partial charge >= 0.3 is 0 Å². The number of furan rings is 1. The van der Waals surface area contributed by atoms with Crippen LogP contribution in [0, 0.1) is 0 Å². The Bertz CT molecular complexity index is 2790. The minimum Gasteiger partial charge on any atom is -0.456 e. The number of benzene rings is 8. The highest BCUT2D eigenvalue weighted by Crippen LogP contribution is 2.46. The van der Waals surface area contributed by atoms with E-state index >= 15 is 0 Å². The molecule has 8 aromatic carbocycles. The van der Waals surface area contributed by atoms with E-state index in [9.17, 15) is 0 Å². The Balaban J connectivity index is 1.15. The van der Waals surface area contributed by atoms with Crippen molar-refractivity contribution >= 4 is 77.2 Å². The van der Waals surface area contributed by atoms with Gasteiger partial charge in [0.2, 0.25) is 0 Å². The highest BCUT2D eigenvalue weighted by Gasteiger charge is 2.24. The molecule has 0 saturated heterocycles. The predicted molar refractivity (Wildman–Crippen MR) is 191 cm³/mol. The smallest absolute Gasteiger partial charge is 0.135 e. The molecular weight excluding hydrogens is 544 g/mol. The largest absolute Gasteiger partial charge is 0.456 e. The summed E-state index contributed by atoms with van der Waals surface area (Å²) in [7, 11) is 0. The first-order valence-electron chi connectivity index (χ1n) is 15.9. The monoisotopic (exact) mass is 570 g/mol. The topological polar surface area (TPSA) is 13.1 Å². The van der Waals surface area contributed by atoms with Gasteiger partial charge in [-0.3, -0.25) is 0 Å². The van der Waals surface area contributed by atoms with Crippen LogP contribution in [0.4, 0.5) is 0 Å². The van der Waals surface area contributed by atoms with Gasteiger partial charge in [0.25, 0.3) is 0 Å². The zero-order valence-electron chi connectivity index (χ0n) is 24.5. The molecule has 0 saturated carbocycles. The molecule has 45 heavy (non-hydrogen) atoms. The first-order valence-corrected chi connectivity index (χ1v) is 15.9. The van der Waals surface area contributed by atoms with Crippen LogP contribution in [-0.2, 0) is 0 Å². The van der Waals surface area contributed by atoms with E-state index in [-0.39, 0.29) is 0 Å². The maximum absolute atomic E-state index is 6.43. The van der Waals surface area contributed by atoms with Gasteiger partial charge in [0, 0.05) is 16.7 Å². The van der Waals surface area contributed by atoms with Gasteiger partial charge in [0.15, 0.2) is 0 Å². The molecule has 1 nitrogen and oxygen atoms in total. The molecule has 2 aliphatic rings. The summed E-state index contributed by atoms with van der Waals surface area (Å²) in [6, 6.07) is 42.8. The van der Waals surface area contributed by atoms with Crippen molar-refractivity contribution in [1.29, 1.82) is 0 Å². The van der Waals surface area contributed by atoms with Crippen LogP contribution in [0.15, 0.2) is 132 Å². The summed E-state index contributed by atoms with van der Waals surface area (Å²) < 4.78 is 6.43. The second-order valence-electron chi connectivity index (χ2n) is 12.8. The van der Waals surface area contributed by atoms with Crippen LogP contribution in [-0.4, -0.2) is 0 Å². The number of rotatable bonds is 2. The van der Waals surface area contributed by atoms with Crippen molar-refractivity contribution < 1.29 is 4.42 Å². The van der Waals surface area contributed by atoms with Crippen LogP contribution in [0.3, 0.4) is 0 Å². The molecule has 0 bridgehead atoms. The SMILES string of the molecule is C1=Cc2cc(-c3ccc4oc5ccc(-c6cc7cccc8ccc9cccc6c9c87)cc5c4c3)c3cccc4c3c2C(C=C4)C1. The predicted octanol–water partition coefficient (Wildman–Crippen LogP) is 12.5. The van der Waals surface area contributed by atoms with Gasteiger partial charge < -0.3 is 4.42 Å². The van der Waals surface area contributed by atoms with Crippen molar-refractivity contribution in [1.82, 2.24) is 0 Å². The second-order valence-corrected chi connectivity index (χ2v) is 12.8. The fourth-order valence-corrected chi connectivity index (χ4v) is 8.43. The maximum atomic E-state index is 6.43. The lowest BCUT2D eigenvalue weighted by molar-refractivity contribution is 0.669. The lowest BCUT2D eigenvalue weighted by atomic mass is 9.77. The van der Waals surface area contributed by atoms with Gasteiger partial charge in [-0.2, -0.15) is 0 Å². The number of fused-ring (bicyclic) bond motifs is 3. The average Bonchev–Trinajstić information content (AvgIpc) is 3.46. The minimum atomic E-state index is 0.467. The standard InChI is InChI=1S/C44H26O/c1-5-25-13-15-27-7-3-11-33-35(23-31(9-1)41(25)43(27)33)29-17-19-39-37(21-29)38-22-30(18-20-40(38)45-39)36-24-32-10-2-6-26-14-16-28-8-4-12-34(36)44(28)42(26)32/h1-5,7-24,26H,6H2. The van der Waals surface area contributed by atoms with Crippen LogP contribution in [0.1, 0.15) is 29.0 Å². The van der Waals surface area contributed by atoms with Crippen LogP contribution in [0.2, 0.25) is 0 Å². The first-order chi connectivity index (χ1) is 22.3. The van der Waals surface area contributed by atoms with Crippen LogP contribution < -0.4 is 0 Å². The van der Waals surface area contributed by atoms with Crippen LogP contribution in [0.25, 0.3) is 99.4 Å². The lowest BCUT2D eigenvalue weighted by Crippen LogP contribution is -2.07. The molecular formula is C44H26O. The molecule has 0 fully saturated rings. The molecule has 9 aromatic rings. The highest BCUT2D eigenvalue weighted by molar-refractivity contribution is 6.26. The van der Waals surface area contributed by atoms with Crippen LogP contribution in [0.5, 0.6) is 0 Å². The zero-order chi connectivity index (χ0) is 29.2. The molecule has 11 rings (SSSR count). The van der Waals surface area contributed by atoms with Gasteiger partial charge in [0.05, 0.1) is 0 Å². The summed E-state index contributed by atoms with van der Waals surface area (Å²) in [6.07, 6.45) is 10.4. The van der Waals surface area contributed by atoms with Gasteiger partial charge in [-0.15, -0.1) is 0 Å². The van der Waals surface area contributed by atoms with E-state index in [1.165, 1.54) is 82.0 Å². The zero-order valence-corrected chi connectivity index (χ0v) is 24.5. The molecule has 1 heteroatoms. The van der Waals surface area contributed by atoms with Gasteiger partial charge in [-0.1, -0.05) is 103 Å². The molecule has 1 heterocycles. The summed E-state index contributed by atoms with van der Waals surface area (Å²) in [5.41, 5.74) is 11.0. The number of allylic oxidation sites excluding steroid dienone is 2. The molecule has 1 atom stereocenters. The summed E-state index contributed by atoms with van der Waals surface area (Å²) in [5, 5.41) is 12.9. The quantitative estimate of drug-likeness (QED) is 0.188. The van der Waals surface area contributed by atoms with Gasteiger partial charge in [-0.05, 0) is 125 Å². The summed E-state index contributed by atoms with van der Waals surface area (Å²) in [4.78, 5) is 0. The summed E-state index contributed by atoms with van der Waals surface area (Å²) in [5.74, 6) is 0.467. The summed E-state index contributed by atoms with van der Waals surface area (Å²) >= 11 is 0. The Morgan fingerprint density at radius 2 is 1.16 bits per heavy atom. The third-order valence-electron chi connectivity index (χ3n) is 10.4. The van der Waals surface area contributed by atoms with Crippen molar-refractivity contribution in [2.45, 2.75) is 12.3 Å². The van der Waals surface area contributed by atoms with E-state index in [2.05, 4.69) is 140 Å². The third-order valence-corrected chi connectivity index (χ3v) is 10.4. The fraction of sp³-hybridized carbons (Fsp3) is 0.0455. The highest BCUT2D eigenvalue weighted by atomic mass is 16.3. The van der Waals surface area contributed by atoms with Crippen molar-refractivity contribution in [3.63, 3.8) is 0 Å². The normalized spacial score (nSPS) is 15.5. The molecule has 1 unspecified atom stereocenters. The van der Waals surface area contributed by atoms with Gasteiger partial charge in [-0.25, -0.2) is 0 Å². The molecule has 0 aliphatic heterocycles. The molecule has 0 spiro atoms. The van der Waals surface area contributed by atoms with E-state index in [1.807, 2.05) is 0 Å². The number of hydrogen-bond donors (Lipinski definition) is 0. The fourth-order valence-electron chi connectivity index (χ4n) is 8.43. The van der Waals surface area contributed by atoms with Gasteiger partial charge in [0.1, 0.15) is 11.2 Å². The van der Waals surface area contributed by atoms with E-state index in [1.54, 1.807) is 0 Å². The van der Waals surface area contributed by atoms with E-state index in [4.69, 9.17) is 4.42 Å². The molecule has 0 N–H and O–H groups in total. The average molecular weight is 571 g/mol. The van der Waals surface area contributed by atoms with Crippen molar-refractivity contribution in [3.05, 3.63) is 144 Å². The minimum absolute atomic E-state index is 0.467.